The lowest BCUT2D eigenvalue weighted by Gasteiger charge is -2.06. The van der Waals surface area contributed by atoms with E-state index in [1.54, 1.807) is 6.92 Å². The van der Waals surface area contributed by atoms with Crippen molar-refractivity contribution in [2.24, 2.45) is 16.6 Å². The molecule has 0 saturated carbocycles. The number of nitrogens with two attached hydrogens (primary N) is 2. The van der Waals surface area contributed by atoms with Crippen LogP contribution in [0.3, 0.4) is 0 Å². The van der Waals surface area contributed by atoms with Gasteiger partial charge in [0.2, 0.25) is 0 Å². The van der Waals surface area contributed by atoms with Crippen molar-refractivity contribution in [3.8, 4) is 0 Å². The third kappa shape index (κ3) is 3.42. The van der Waals surface area contributed by atoms with E-state index >= 15 is 0 Å². The standard InChI is InChI=1S/C10H14ClN3O/c1-7(13)14-15-6-9-4-2-3-8(5-12)10(9)11/h2-4H,5-6,12H2,1H3,(H2,13,14). The molecular weight excluding hydrogens is 214 g/mol. The Morgan fingerprint density at radius 2 is 2.13 bits per heavy atom. The van der Waals surface area contributed by atoms with Crippen molar-refractivity contribution in [2.45, 2.75) is 20.1 Å². The summed E-state index contributed by atoms with van der Waals surface area (Å²) in [5, 5.41) is 4.25. The van der Waals surface area contributed by atoms with Gasteiger partial charge in [-0.1, -0.05) is 35.0 Å². The molecule has 0 saturated heterocycles. The van der Waals surface area contributed by atoms with Crippen LogP contribution in [0.4, 0.5) is 0 Å². The molecule has 0 atom stereocenters. The van der Waals surface area contributed by atoms with Crippen molar-refractivity contribution < 1.29 is 4.84 Å². The molecule has 0 aromatic heterocycles. The maximum Gasteiger partial charge on any atom is 0.143 e. The van der Waals surface area contributed by atoms with E-state index in [1.807, 2.05) is 18.2 Å². The monoisotopic (exact) mass is 227 g/mol. The van der Waals surface area contributed by atoms with Crippen molar-refractivity contribution in [1.29, 1.82) is 0 Å². The number of hydrogen-bond donors (Lipinski definition) is 2. The normalized spacial score (nSPS) is 11.5. The summed E-state index contributed by atoms with van der Waals surface area (Å²) < 4.78 is 0. The zero-order valence-electron chi connectivity index (χ0n) is 8.53. The van der Waals surface area contributed by atoms with Crippen LogP contribution in [0.1, 0.15) is 18.1 Å². The summed E-state index contributed by atoms with van der Waals surface area (Å²) in [6.07, 6.45) is 0. The minimum absolute atomic E-state index is 0.293. The molecule has 0 aliphatic rings. The largest absolute Gasteiger partial charge is 0.389 e. The van der Waals surface area contributed by atoms with Gasteiger partial charge in [0.05, 0.1) is 5.02 Å². The maximum atomic E-state index is 6.08. The van der Waals surface area contributed by atoms with Gasteiger partial charge in [-0.15, -0.1) is 0 Å². The lowest BCUT2D eigenvalue weighted by Crippen LogP contribution is -2.06. The average molecular weight is 228 g/mol. The Balaban J connectivity index is 2.73. The van der Waals surface area contributed by atoms with E-state index in [2.05, 4.69) is 5.16 Å². The predicted octanol–water partition coefficient (Wildman–Crippen LogP) is 1.61. The first-order chi connectivity index (χ1) is 7.15. The fraction of sp³-hybridized carbons (Fsp3) is 0.300. The van der Waals surface area contributed by atoms with E-state index in [0.717, 1.165) is 11.1 Å². The molecule has 4 nitrogen and oxygen atoms in total. The number of nitrogens with zero attached hydrogens (tertiary/aromatic N) is 1. The highest BCUT2D eigenvalue weighted by Gasteiger charge is 2.04. The number of oxime groups is 1. The minimum atomic E-state index is 0.293. The van der Waals surface area contributed by atoms with Gasteiger partial charge in [-0.05, 0) is 12.5 Å². The Bertz CT molecular complexity index is 362. The van der Waals surface area contributed by atoms with Gasteiger partial charge in [0.15, 0.2) is 0 Å². The fourth-order valence-electron chi connectivity index (χ4n) is 1.11. The third-order valence-electron chi connectivity index (χ3n) is 1.81. The van der Waals surface area contributed by atoms with E-state index in [-0.39, 0.29) is 0 Å². The van der Waals surface area contributed by atoms with Gasteiger partial charge in [-0.3, -0.25) is 0 Å². The molecular formula is C10H14ClN3O. The molecule has 5 heteroatoms. The van der Waals surface area contributed by atoms with Gasteiger partial charge < -0.3 is 16.3 Å². The smallest absolute Gasteiger partial charge is 0.143 e. The molecule has 1 rings (SSSR count). The van der Waals surface area contributed by atoms with E-state index in [0.29, 0.717) is 24.0 Å². The molecule has 0 radical (unpaired) electrons. The zero-order chi connectivity index (χ0) is 11.3. The number of benzene rings is 1. The van der Waals surface area contributed by atoms with Crippen LogP contribution >= 0.6 is 11.6 Å². The first-order valence-corrected chi connectivity index (χ1v) is 4.91. The second-order valence-electron chi connectivity index (χ2n) is 3.10. The molecule has 0 heterocycles. The van der Waals surface area contributed by atoms with Crippen LogP contribution in [0.2, 0.25) is 5.02 Å². The van der Waals surface area contributed by atoms with Crippen LogP contribution in [-0.4, -0.2) is 5.84 Å². The van der Waals surface area contributed by atoms with Gasteiger partial charge in [-0.25, -0.2) is 0 Å². The molecule has 0 bridgehead atoms. The van der Waals surface area contributed by atoms with Crippen molar-refractivity contribution in [2.75, 3.05) is 0 Å². The average Bonchev–Trinajstić information content (AvgIpc) is 2.20. The molecule has 1 aromatic rings. The molecule has 0 fully saturated rings. The summed E-state index contributed by atoms with van der Waals surface area (Å²) in [6, 6.07) is 5.62. The van der Waals surface area contributed by atoms with Crippen molar-refractivity contribution in [3.63, 3.8) is 0 Å². The van der Waals surface area contributed by atoms with Crippen LogP contribution in [0.25, 0.3) is 0 Å². The lowest BCUT2D eigenvalue weighted by atomic mass is 10.1. The number of rotatable bonds is 4. The van der Waals surface area contributed by atoms with E-state index in [4.69, 9.17) is 27.9 Å². The van der Waals surface area contributed by atoms with Gasteiger partial charge in [0.25, 0.3) is 0 Å². The van der Waals surface area contributed by atoms with Crippen LogP contribution in [0.15, 0.2) is 23.4 Å². The van der Waals surface area contributed by atoms with Crippen molar-refractivity contribution >= 4 is 17.4 Å². The maximum absolute atomic E-state index is 6.08. The summed E-state index contributed by atoms with van der Waals surface area (Å²) >= 11 is 6.08. The van der Waals surface area contributed by atoms with E-state index in [9.17, 15) is 0 Å². The van der Waals surface area contributed by atoms with E-state index in [1.165, 1.54) is 0 Å². The highest BCUT2D eigenvalue weighted by atomic mass is 35.5. The van der Waals surface area contributed by atoms with Crippen LogP contribution in [0.5, 0.6) is 0 Å². The first kappa shape index (κ1) is 11.8. The predicted molar refractivity (Wildman–Crippen MR) is 61.4 cm³/mol. The summed E-state index contributed by atoms with van der Waals surface area (Å²) in [4.78, 5) is 5.00. The summed E-state index contributed by atoms with van der Waals surface area (Å²) in [6.45, 7) is 2.35. The molecule has 0 unspecified atom stereocenters. The second kappa shape index (κ2) is 5.58. The molecule has 0 amide bonds. The number of hydrogen-bond acceptors (Lipinski definition) is 3. The van der Waals surface area contributed by atoms with Crippen LogP contribution in [-0.2, 0) is 18.0 Å². The summed E-state index contributed by atoms with van der Waals surface area (Å²) in [7, 11) is 0. The van der Waals surface area contributed by atoms with Gasteiger partial charge in [-0.2, -0.15) is 0 Å². The number of halogens is 1. The Hall–Kier alpha value is -1.26. The molecule has 4 N–H and O–H groups in total. The highest BCUT2D eigenvalue weighted by molar-refractivity contribution is 6.32. The molecule has 1 aromatic carbocycles. The number of amidine groups is 1. The first-order valence-electron chi connectivity index (χ1n) is 4.53. The molecule has 0 aliphatic carbocycles. The molecule has 0 spiro atoms. The quantitative estimate of drug-likeness (QED) is 0.466. The van der Waals surface area contributed by atoms with Crippen LogP contribution < -0.4 is 11.5 Å². The van der Waals surface area contributed by atoms with Gasteiger partial charge in [0, 0.05) is 12.1 Å². The summed E-state index contributed by atoms with van der Waals surface area (Å²) in [5.74, 6) is 0.376. The lowest BCUT2D eigenvalue weighted by molar-refractivity contribution is 0.130. The topological polar surface area (TPSA) is 73.6 Å². The second-order valence-corrected chi connectivity index (χ2v) is 3.48. The minimum Gasteiger partial charge on any atom is -0.389 e. The summed E-state index contributed by atoms with van der Waals surface area (Å²) in [5.41, 5.74) is 12.6. The highest BCUT2D eigenvalue weighted by Crippen LogP contribution is 2.21. The Morgan fingerprint density at radius 3 is 2.73 bits per heavy atom. The van der Waals surface area contributed by atoms with Crippen molar-refractivity contribution in [1.82, 2.24) is 0 Å². The van der Waals surface area contributed by atoms with Crippen LogP contribution in [0, 0.1) is 0 Å². The fourth-order valence-corrected chi connectivity index (χ4v) is 1.36. The third-order valence-corrected chi connectivity index (χ3v) is 2.29. The zero-order valence-corrected chi connectivity index (χ0v) is 9.29. The van der Waals surface area contributed by atoms with E-state index < -0.39 is 0 Å². The van der Waals surface area contributed by atoms with Crippen molar-refractivity contribution in [3.05, 3.63) is 34.3 Å². The van der Waals surface area contributed by atoms with Gasteiger partial charge in [0.1, 0.15) is 12.4 Å². The Labute approximate surface area is 93.8 Å². The molecule has 15 heavy (non-hydrogen) atoms. The Kier molecular flexibility index (Phi) is 4.39. The molecule has 82 valence electrons. The SMILES string of the molecule is C/C(N)=N/OCc1cccc(CN)c1Cl. The van der Waals surface area contributed by atoms with Gasteiger partial charge >= 0.3 is 0 Å². The Morgan fingerprint density at radius 1 is 1.47 bits per heavy atom. The molecule has 0 aliphatic heterocycles.